The van der Waals surface area contributed by atoms with Crippen LogP contribution >= 0.6 is 0 Å². The molecule has 0 spiro atoms. The van der Waals surface area contributed by atoms with Crippen LogP contribution in [-0.2, 0) is 21.4 Å². The predicted molar refractivity (Wildman–Crippen MR) is 117 cm³/mol. The second-order valence-electron chi connectivity index (χ2n) is 9.28. The van der Waals surface area contributed by atoms with Gasteiger partial charge in [-0.3, -0.25) is 9.59 Å². The van der Waals surface area contributed by atoms with Crippen LogP contribution in [0.5, 0.6) is 0 Å². The summed E-state index contributed by atoms with van der Waals surface area (Å²) < 4.78 is 0. The van der Waals surface area contributed by atoms with Gasteiger partial charge in [0.1, 0.15) is 0 Å². The SMILES string of the molecule is O=C1CC[C@]2(c3ccccc3)CCN(C(=O)Cc3ccccc3)[C@H]2CN1CC1CC1. The summed E-state index contributed by atoms with van der Waals surface area (Å²) in [6.07, 6.45) is 5.24. The van der Waals surface area contributed by atoms with Gasteiger partial charge in [0.05, 0.1) is 12.5 Å². The zero-order chi connectivity index (χ0) is 20.6. The van der Waals surface area contributed by atoms with E-state index in [1.807, 2.05) is 36.4 Å². The van der Waals surface area contributed by atoms with E-state index < -0.39 is 0 Å². The Balaban J connectivity index is 1.47. The number of nitrogens with zero attached hydrogens (tertiary/aromatic N) is 2. The number of carbonyl (C=O) groups excluding carboxylic acids is 2. The Kier molecular flexibility index (Phi) is 5.10. The third kappa shape index (κ3) is 3.64. The summed E-state index contributed by atoms with van der Waals surface area (Å²) in [6.45, 7) is 2.31. The molecule has 30 heavy (non-hydrogen) atoms. The molecule has 0 unspecified atom stereocenters. The van der Waals surface area contributed by atoms with Crippen LogP contribution in [0, 0.1) is 5.92 Å². The molecule has 2 aromatic rings. The standard InChI is InChI=1S/C26H30N2O2/c29-24-13-14-26(22-9-5-2-6-10-22)15-16-28(23(26)19-27(24)18-21-11-12-21)25(30)17-20-7-3-1-4-8-20/h1-10,21,23H,11-19H2/t23-,26+/m0/s1. The molecule has 2 aromatic carbocycles. The Morgan fingerprint density at radius 2 is 1.67 bits per heavy atom. The topological polar surface area (TPSA) is 40.6 Å². The Hall–Kier alpha value is -2.62. The van der Waals surface area contributed by atoms with Crippen molar-refractivity contribution in [2.24, 2.45) is 5.92 Å². The number of hydrogen-bond donors (Lipinski definition) is 0. The first-order valence-electron chi connectivity index (χ1n) is 11.3. The Labute approximate surface area is 178 Å². The van der Waals surface area contributed by atoms with Crippen molar-refractivity contribution in [3.63, 3.8) is 0 Å². The lowest BCUT2D eigenvalue weighted by atomic mass is 9.71. The van der Waals surface area contributed by atoms with Crippen LogP contribution in [0.1, 0.15) is 43.2 Å². The summed E-state index contributed by atoms with van der Waals surface area (Å²) in [7, 11) is 0. The van der Waals surface area contributed by atoms with E-state index in [0.717, 1.165) is 31.5 Å². The van der Waals surface area contributed by atoms with Crippen LogP contribution in [0.3, 0.4) is 0 Å². The summed E-state index contributed by atoms with van der Waals surface area (Å²) in [5, 5.41) is 0. The molecule has 5 rings (SSSR count). The Morgan fingerprint density at radius 3 is 2.37 bits per heavy atom. The number of hydrogen-bond acceptors (Lipinski definition) is 2. The third-order valence-corrected chi connectivity index (χ3v) is 7.39. The molecular formula is C26H30N2O2. The largest absolute Gasteiger partial charge is 0.340 e. The summed E-state index contributed by atoms with van der Waals surface area (Å²) in [4.78, 5) is 30.5. The van der Waals surface area contributed by atoms with Crippen molar-refractivity contribution in [2.75, 3.05) is 19.6 Å². The highest BCUT2D eigenvalue weighted by Gasteiger charge is 2.52. The molecule has 3 aliphatic rings. The molecule has 0 radical (unpaired) electrons. The van der Waals surface area contributed by atoms with Gasteiger partial charge in [0, 0.05) is 31.5 Å². The molecule has 1 aliphatic carbocycles. The fourth-order valence-electron chi connectivity index (χ4n) is 5.51. The van der Waals surface area contributed by atoms with Gasteiger partial charge in [-0.2, -0.15) is 0 Å². The fourth-order valence-corrected chi connectivity index (χ4v) is 5.51. The molecule has 0 N–H and O–H groups in total. The molecule has 2 saturated heterocycles. The van der Waals surface area contributed by atoms with E-state index in [4.69, 9.17) is 0 Å². The van der Waals surface area contributed by atoms with Gasteiger partial charge in [0.25, 0.3) is 0 Å². The minimum Gasteiger partial charge on any atom is -0.340 e. The first kappa shape index (κ1) is 19.3. The van der Waals surface area contributed by atoms with Gasteiger partial charge in [-0.05, 0) is 42.7 Å². The van der Waals surface area contributed by atoms with Crippen LogP contribution < -0.4 is 0 Å². The molecule has 4 nitrogen and oxygen atoms in total. The number of fused-ring (bicyclic) bond motifs is 1. The average Bonchev–Trinajstić information content (AvgIpc) is 3.54. The first-order chi connectivity index (χ1) is 14.7. The van der Waals surface area contributed by atoms with Gasteiger partial charge in [0.2, 0.25) is 11.8 Å². The number of carbonyl (C=O) groups is 2. The van der Waals surface area contributed by atoms with Crippen molar-refractivity contribution in [2.45, 2.75) is 50.0 Å². The third-order valence-electron chi connectivity index (χ3n) is 7.39. The second kappa shape index (κ2) is 7.90. The van der Waals surface area contributed by atoms with Crippen molar-refractivity contribution in [1.29, 1.82) is 0 Å². The zero-order valence-electron chi connectivity index (χ0n) is 17.5. The number of likely N-dealkylation sites (tertiary alicyclic amines) is 2. The van der Waals surface area contributed by atoms with E-state index in [-0.39, 0.29) is 23.3 Å². The molecule has 2 aliphatic heterocycles. The van der Waals surface area contributed by atoms with Crippen LogP contribution in [0.2, 0.25) is 0 Å². The minimum absolute atomic E-state index is 0.0568. The highest BCUT2D eigenvalue weighted by atomic mass is 16.2. The van der Waals surface area contributed by atoms with Gasteiger partial charge in [0.15, 0.2) is 0 Å². The zero-order valence-corrected chi connectivity index (χ0v) is 17.5. The van der Waals surface area contributed by atoms with E-state index in [2.05, 4.69) is 34.1 Å². The maximum absolute atomic E-state index is 13.4. The lowest BCUT2D eigenvalue weighted by Gasteiger charge is -2.38. The highest BCUT2D eigenvalue weighted by molar-refractivity contribution is 5.81. The van der Waals surface area contributed by atoms with Crippen LogP contribution in [-0.4, -0.2) is 47.3 Å². The Bertz CT molecular complexity index is 909. The number of amides is 2. The molecular weight excluding hydrogens is 372 g/mol. The van der Waals surface area contributed by atoms with E-state index >= 15 is 0 Å². The van der Waals surface area contributed by atoms with Crippen molar-refractivity contribution >= 4 is 11.8 Å². The molecule has 0 aromatic heterocycles. The van der Waals surface area contributed by atoms with Gasteiger partial charge in [-0.15, -0.1) is 0 Å². The van der Waals surface area contributed by atoms with Gasteiger partial charge in [-0.1, -0.05) is 60.7 Å². The summed E-state index contributed by atoms with van der Waals surface area (Å²) in [5.74, 6) is 1.11. The molecule has 0 bridgehead atoms. The molecule has 2 amide bonds. The fraction of sp³-hybridized carbons (Fsp3) is 0.462. The van der Waals surface area contributed by atoms with E-state index in [0.29, 0.717) is 25.3 Å². The summed E-state index contributed by atoms with van der Waals surface area (Å²) >= 11 is 0. The van der Waals surface area contributed by atoms with E-state index in [9.17, 15) is 9.59 Å². The van der Waals surface area contributed by atoms with Gasteiger partial charge < -0.3 is 9.80 Å². The van der Waals surface area contributed by atoms with Crippen LogP contribution in [0.15, 0.2) is 60.7 Å². The lowest BCUT2D eigenvalue weighted by Crippen LogP contribution is -2.51. The van der Waals surface area contributed by atoms with E-state index in [1.165, 1.54) is 18.4 Å². The molecule has 4 heteroatoms. The number of benzene rings is 2. The van der Waals surface area contributed by atoms with Crippen molar-refractivity contribution < 1.29 is 9.59 Å². The highest BCUT2D eigenvalue weighted by Crippen LogP contribution is 2.46. The molecule has 1 saturated carbocycles. The van der Waals surface area contributed by atoms with Gasteiger partial charge in [-0.25, -0.2) is 0 Å². The predicted octanol–water partition coefficient (Wildman–Crippen LogP) is 3.80. The molecule has 2 heterocycles. The van der Waals surface area contributed by atoms with Crippen molar-refractivity contribution in [3.8, 4) is 0 Å². The normalized spacial score (nSPS) is 26.4. The van der Waals surface area contributed by atoms with Crippen molar-refractivity contribution in [1.82, 2.24) is 9.80 Å². The quantitative estimate of drug-likeness (QED) is 0.763. The monoisotopic (exact) mass is 402 g/mol. The van der Waals surface area contributed by atoms with E-state index in [1.54, 1.807) is 0 Å². The Morgan fingerprint density at radius 1 is 0.967 bits per heavy atom. The van der Waals surface area contributed by atoms with Gasteiger partial charge >= 0.3 is 0 Å². The van der Waals surface area contributed by atoms with Crippen molar-refractivity contribution in [3.05, 3.63) is 71.8 Å². The molecule has 156 valence electrons. The molecule has 2 atom stereocenters. The summed E-state index contributed by atoms with van der Waals surface area (Å²) in [5.41, 5.74) is 2.21. The van der Waals surface area contributed by atoms with Crippen LogP contribution in [0.4, 0.5) is 0 Å². The second-order valence-corrected chi connectivity index (χ2v) is 9.28. The maximum atomic E-state index is 13.4. The molecule has 3 fully saturated rings. The smallest absolute Gasteiger partial charge is 0.227 e. The lowest BCUT2D eigenvalue weighted by molar-refractivity contribution is -0.135. The minimum atomic E-state index is -0.123. The maximum Gasteiger partial charge on any atom is 0.227 e. The number of rotatable bonds is 5. The van der Waals surface area contributed by atoms with Crippen LogP contribution in [0.25, 0.3) is 0 Å². The first-order valence-corrected chi connectivity index (χ1v) is 11.3. The average molecular weight is 403 g/mol. The summed E-state index contributed by atoms with van der Waals surface area (Å²) in [6, 6.07) is 20.7.